The first-order chi connectivity index (χ1) is 11.5. The van der Waals surface area contributed by atoms with Crippen LogP contribution in [0.4, 0.5) is 26.2 Å². The van der Waals surface area contributed by atoms with Gasteiger partial charge in [-0.15, -0.1) is 0 Å². The number of benzene rings is 1. The largest absolute Gasteiger partial charge is 0.353 e. The Bertz CT molecular complexity index is 727. The van der Waals surface area contributed by atoms with E-state index in [1.165, 1.54) is 12.3 Å². The molecule has 1 N–H and O–H groups in total. The molecule has 0 atom stereocenters. The van der Waals surface area contributed by atoms with Gasteiger partial charge in [-0.05, 0) is 18.2 Å². The first kappa shape index (κ1) is 16.1. The average Bonchev–Trinajstić information content (AvgIpc) is 2.59. The SMILES string of the molecule is CC(=O)N1CCN(c2ccnc(Nc3c(F)cccc3F)n2)CC1. The fourth-order valence-electron chi connectivity index (χ4n) is 2.57. The molecule has 0 unspecified atom stereocenters. The standard InChI is InChI=1S/C16H17F2N5O/c1-11(24)22-7-9-23(10-8-22)14-5-6-19-16(20-14)21-15-12(17)3-2-4-13(15)18/h2-6H,7-10H2,1H3,(H,19,20,21). The van der Waals surface area contributed by atoms with Crippen molar-refractivity contribution in [1.82, 2.24) is 14.9 Å². The molecule has 1 fully saturated rings. The Hall–Kier alpha value is -2.77. The van der Waals surface area contributed by atoms with Crippen molar-refractivity contribution in [3.05, 3.63) is 42.1 Å². The average molecular weight is 333 g/mol. The maximum Gasteiger partial charge on any atom is 0.229 e. The van der Waals surface area contributed by atoms with E-state index in [2.05, 4.69) is 15.3 Å². The number of rotatable bonds is 3. The maximum absolute atomic E-state index is 13.7. The molecule has 1 aliphatic heterocycles. The third kappa shape index (κ3) is 3.42. The molecule has 0 bridgehead atoms. The van der Waals surface area contributed by atoms with Gasteiger partial charge in [0, 0.05) is 39.3 Å². The Labute approximate surface area is 138 Å². The fourth-order valence-corrected chi connectivity index (χ4v) is 2.57. The number of carbonyl (C=O) groups is 1. The molecule has 3 rings (SSSR count). The lowest BCUT2D eigenvalue weighted by Crippen LogP contribution is -2.48. The van der Waals surface area contributed by atoms with Crippen LogP contribution in [0.15, 0.2) is 30.5 Å². The van der Waals surface area contributed by atoms with E-state index in [0.29, 0.717) is 32.0 Å². The molecule has 1 saturated heterocycles. The van der Waals surface area contributed by atoms with E-state index in [1.807, 2.05) is 4.90 Å². The summed E-state index contributed by atoms with van der Waals surface area (Å²) >= 11 is 0. The van der Waals surface area contributed by atoms with E-state index in [0.717, 1.165) is 12.1 Å². The number of piperazine rings is 1. The smallest absolute Gasteiger partial charge is 0.229 e. The van der Waals surface area contributed by atoms with Crippen LogP contribution in [0.1, 0.15) is 6.92 Å². The third-order valence-electron chi connectivity index (χ3n) is 3.89. The molecule has 0 radical (unpaired) electrons. The Morgan fingerprint density at radius 3 is 2.42 bits per heavy atom. The summed E-state index contributed by atoms with van der Waals surface area (Å²) in [7, 11) is 0. The van der Waals surface area contributed by atoms with Gasteiger partial charge in [0.15, 0.2) is 0 Å². The van der Waals surface area contributed by atoms with Crippen molar-refractivity contribution in [3.8, 4) is 0 Å². The normalized spacial score (nSPS) is 14.6. The van der Waals surface area contributed by atoms with Crippen LogP contribution in [0.5, 0.6) is 0 Å². The van der Waals surface area contributed by atoms with E-state index in [4.69, 9.17) is 0 Å². The molecule has 0 aliphatic carbocycles. The lowest BCUT2D eigenvalue weighted by molar-refractivity contribution is -0.129. The van der Waals surface area contributed by atoms with Crippen LogP contribution >= 0.6 is 0 Å². The summed E-state index contributed by atoms with van der Waals surface area (Å²) in [5, 5.41) is 2.58. The first-order valence-corrected chi connectivity index (χ1v) is 7.59. The number of carbonyl (C=O) groups excluding carboxylic acids is 1. The Morgan fingerprint density at radius 2 is 1.79 bits per heavy atom. The first-order valence-electron chi connectivity index (χ1n) is 7.59. The summed E-state index contributed by atoms with van der Waals surface area (Å²) in [6.07, 6.45) is 1.53. The minimum Gasteiger partial charge on any atom is -0.353 e. The van der Waals surface area contributed by atoms with Gasteiger partial charge in [0.25, 0.3) is 0 Å². The van der Waals surface area contributed by atoms with Crippen LogP contribution in [0, 0.1) is 11.6 Å². The highest BCUT2D eigenvalue weighted by Gasteiger charge is 2.20. The van der Waals surface area contributed by atoms with E-state index in [1.54, 1.807) is 17.9 Å². The molecule has 1 aliphatic rings. The van der Waals surface area contributed by atoms with E-state index >= 15 is 0 Å². The van der Waals surface area contributed by atoms with Gasteiger partial charge in [-0.25, -0.2) is 13.8 Å². The molecule has 126 valence electrons. The molecule has 1 aromatic carbocycles. The molecular weight excluding hydrogens is 316 g/mol. The second kappa shape index (κ2) is 6.77. The zero-order chi connectivity index (χ0) is 17.1. The van der Waals surface area contributed by atoms with Crippen LogP contribution in [0.3, 0.4) is 0 Å². The van der Waals surface area contributed by atoms with Gasteiger partial charge < -0.3 is 15.1 Å². The van der Waals surface area contributed by atoms with Crippen molar-refractivity contribution in [3.63, 3.8) is 0 Å². The highest BCUT2D eigenvalue weighted by atomic mass is 19.1. The second-order valence-electron chi connectivity index (χ2n) is 5.45. The van der Waals surface area contributed by atoms with Gasteiger partial charge >= 0.3 is 0 Å². The number of amides is 1. The van der Waals surface area contributed by atoms with Gasteiger partial charge in [0.1, 0.15) is 23.1 Å². The Balaban J connectivity index is 1.74. The molecule has 0 saturated carbocycles. The summed E-state index contributed by atoms with van der Waals surface area (Å²) in [6, 6.07) is 5.35. The van der Waals surface area contributed by atoms with Crippen LogP contribution in [-0.4, -0.2) is 47.0 Å². The number of para-hydroxylation sites is 1. The maximum atomic E-state index is 13.7. The summed E-state index contributed by atoms with van der Waals surface area (Å²) in [5.41, 5.74) is -0.281. The van der Waals surface area contributed by atoms with Crippen molar-refractivity contribution in [2.45, 2.75) is 6.92 Å². The van der Waals surface area contributed by atoms with Crippen molar-refractivity contribution in [2.75, 3.05) is 36.4 Å². The summed E-state index contributed by atoms with van der Waals surface area (Å²) in [6.45, 7) is 4.06. The Kier molecular flexibility index (Phi) is 4.54. The van der Waals surface area contributed by atoms with Gasteiger partial charge in [-0.1, -0.05) is 6.07 Å². The minimum absolute atomic E-state index is 0.0507. The zero-order valence-corrected chi connectivity index (χ0v) is 13.2. The topological polar surface area (TPSA) is 61.4 Å². The molecule has 24 heavy (non-hydrogen) atoms. The van der Waals surface area contributed by atoms with Gasteiger partial charge in [0.2, 0.25) is 11.9 Å². The van der Waals surface area contributed by atoms with Gasteiger partial charge in [-0.3, -0.25) is 4.79 Å². The monoisotopic (exact) mass is 333 g/mol. The number of hydrogen-bond donors (Lipinski definition) is 1. The third-order valence-corrected chi connectivity index (χ3v) is 3.89. The Morgan fingerprint density at radius 1 is 1.12 bits per heavy atom. The number of nitrogens with zero attached hydrogens (tertiary/aromatic N) is 4. The predicted octanol–water partition coefficient (Wildman–Crippen LogP) is 2.17. The van der Waals surface area contributed by atoms with Crippen LogP contribution in [0.25, 0.3) is 0 Å². The molecular formula is C16H17F2N5O. The van der Waals surface area contributed by atoms with Crippen LogP contribution < -0.4 is 10.2 Å². The molecule has 2 heterocycles. The van der Waals surface area contributed by atoms with Gasteiger partial charge in [-0.2, -0.15) is 4.98 Å². The van der Waals surface area contributed by atoms with Crippen LogP contribution in [-0.2, 0) is 4.79 Å². The second-order valence-corrected chi connectivity index (χ2v) is 5.45. The summed E-state index contributed by atoms with van der Waals surface area (Å²) in [5.74, 6) is -0.606. The highest BCUT2D eigenvalue weighted by molar-refractivity contribution is 5.73. The van der Waals surface area contributed by atoms with E-state index in [9.17, 15) is 13.6 Å². The number of halogens is 2. The van der Waals surface area contributed by atoms with Crippen molar-refractivity contribution >= 4 is 23.4 Å². The number of aromatic nitrogens is 2. The number of hydrogen-bond acceptors (Lipinski definition) is 5. The zero-order valence-electron chi connectivity index (χ0n) is 13.2. The van der Waals surface area contributed by atoms with Crippen LogP contribution in [0.2, 0.25) is 0 Å². The molecule has 8 heteroatoms. The van der Waals surface area contributed by atoms with Crippen molar-refractivity contribution in [2.24, 2.45) is 0 Å². The highest BCUT2D eigenvalue weighted by Crippen LogP contribution is 2.22. The van der Waals surface area contributed by atoms with Crippen molar-refractivity contribution in [1.29, 1.82) is 0 Å². The summed E-state index contributed by atoms with van der Waals surface area (Å²) < 4.78 is 27.4. The van der Waals surface area contributed by atoms with E-state index < -0.39 is 11.6 Å². The van der Waals surface area contributed by atoms with Crippen molar-refractivity contribution < 1.29 is 13.6 Å². The quantitative estimate of drug-likeness (QED) is 0.933. The van der Waals surface area contributed by atoms with E-state index in [-0.39, 0.29) is 17.5 Å². The molecule has 0 spiro atoms. The molecule has 6 nitrogen and oxygen atoms in total. The fraction of sp³-hybridized carbons (Fsp3) is 0.312. The number of nitrogens with one attached hydrogen (secondary N) is 1. The molecule has 1 aromatic heterocycles. The molecule has 1 amide bonds. The van der Waals surface area contributed by atoms with Gasteiger partial charge in [0.05, 0.1) is 0 Å². The minimum atomic E-state index is -0.709. The molecule has 2 aromatic rings. The summed E-state index contributed by atoms with van der Waals surface area (Å²) in [4.78, 5) is 23.5. The lowest BCUT2D eigenvalue weighted by atomic mass is 10.3. The number of anilines is 3. The predicted molar refractivity (Wildman–Crippen MR) is 86.1 cm³/mol. The lowest BCUT2D eigenvalue weighted by Gasteiger charge is -2.34.